The van der Waals surface area contributed by atoms with Crippen molar-refractivity contribution in [2.75, 3.05) is 12.9 Å². The number of hydrogen-bond donors (Lipinski definition) is 0. The molecule has 3 aromatic heterocycles. The zero-order valence-electron chi connectivity index (χ0n) is 14.4. The van der Waals surface area contributed by atoms with E-state index in [0.29, 0.717) is 23.0 Å². The summed E-state index contributed by atoms with van der Waals surface area (Å²) in [4.78, 5) is 23.2. The van der Waals surface area contributed by atoms with Crippen molar-refractivity contribution in [1.29, 1.82) is 0 Å². The van der Waals surface area contributed by atoms with Crippen LogP contribution >= 0.6 is 23.1 Å². The molecule has 0 saturated carbocycles. The van der Waals surface area contributed by atoms with E-state index in [4.69, 9.17) is 9.72 Å². The van der Waals surface area contributed by atoms with E-state index < -0.39 is 0 Å². The fourth-order valence-electron chi connectivity index (χ4n) is 2.94. The van der Waals surface area contributed by atoms with Crippen LogP contribution in [0.4, 0.5) is 0 Å². The summed E-state index contributed by atoms with van der Waals surface area (Å²) in [5.41, 5.74) is 1.67. The summed E-state index contributed by atoms with van der Waals surface area (Å²) in [5.74, 6) is 0.798. The summed E-state index contributed by atoms with van der Waals surface area (Å²) < 4.78 is 8.07. The lowest BCUT2D eigenvalue weighted by molar-refractivity contribution is 0.335. The molecule has 1 aromatic carbocycles. The van der Waals surface area contributed by atoms with Crippen molar-refractivity contribution >= 4 is 43.5 Å². The molecule has 0 bridgehead atoms. The van der Waals surface area contributed by atoms with Gasteiger partial charge in [0, 0.05) is 17.1 Å². The van der Waals surface area contributed by atoms with Gasteiger partial charge >= 0.3 is 0 Å². The maximum absolute atomic E-state index is 13.2. The van der Waals surface area contributed by atoms with Gasteiger partial charge in [-0.15, -0.1) is 11.3 Å². The van der Waals surface area contributed by atoms with E-state index in [9.17, 15) is 4.79 Å². The van der Waals surface area contributed by atoms with Crippen molar-refractivity contribution in [2.45, 2.75) is 18.6 Å². The van der Waals surface area contributed by atoms with Gasteiger partial charge in [-0.3, -0.25) is 9.36 Å². The molecule has 0 fully saturated rings. The van der Waals surface area contributed by atoms with E-state index in [2.05, 4.69) is 4.98 Å². The highest BCUT2D eigenvalue weighted by Crippen LogP contribution is 2.30. The number of hydrogen-bond acceptors (Lipinski definition) is 6. The number of aromatic nitrogens is 3. The van der Waals surface area contributed by atoms with Gasteiger partial charge in [-0.2, -0.15) is 0 Å². The van der Waals surface area contributed by atoms with Crippen LogP contribution in [0.3, 0.4) is 0 Å². The van der Waals surface area contributed by atoms with E-state index in [-0.39, 0.29) is 5.56 Å². The Morgan fingerprint density at radius 3 is 2.88 bits per heavy atom. The van der Waals surface area contributed by atoms with Crippen molar-refractivity contribution in [2.24, 2.45) is 0 Å². The molecule has 0 spiro atoms. The molecule has 0 unspecified atom stereocenters. The molecule has 0 amide bonds. The molecule has 0 radical (unpaired) electrons. The minimum Gasteiger partial charge on any atom is -0.494 e. The normalized spacial score (nSPS) is 11.3. The smallest absolute Gasteiger partial charge is 0.272 e. The lowest BCUT2D eigenvalue weighted by Gasteiger charge is -2.14. The number of pyridine rings is 1. The quantitative estimate of drug-likeness (QED) is 0.382. The molecule has 7 heteroatoms. The summed E-state index contributed by atoms with van der Waals surface area (Å²) in [6.45, 7) is 2.96. The highest BCUT2D eigenvalue weighted by Gasteiger charge is 2.17. The number of nitrogens with zero attached hydrogens (tertiary/aromatic N) is 3. The monoisotopic (exact) mass is 383 g/mol. The molecule has 5 nitrogen and oxygen atoms in total. The van der Waals surface area contributed by atoms with Gasteiger partial charge in [0.25, 0.3) is 5.56 Å². The van der Waals surface area contributed by atoms with E-state index in [1.54, 1.807) is 10.8 Å². The van der Waals surface area contributed by atoms with Gasteiger partial charge in [0.2, 0.25) is 0 Å². The van der Waals surface area contributed by atoms with E-state index >= 15 is 0 Å². The fraction of sp³-hybridized carbons (Fsp3) is 0.211. The molecule has 0 saturated heterocycles. The summed E-state index contributed by atoms with van der Waals surface area (Å²) in [5, 5.41) is 1.62. The summed E-state index contributed by atoms with van der Waals surface area (Å²) in [6.07, 6.45) is 3.68. The summed E-state index contributed by atoms with van der Waals surface area (Å²) >= 11 is 2.87. The molecule has 0 atom stereocenters. The Hall–Kier alpha value is -2.38. The number of ether oxygens (including phenoxy) is 1. The maximum Gasteiger partial charge on any atom is 0.272 e. The number of rotatable bonds is 5. The third-order valence-corrected chi connectivity index (χ3v) is 5.87. The van der Waals surface area contributed by atoms with Crippen LogP contribution in [0.1, 0.15) is 12.5 Å². The van der Waals surface area contributed by atoms with Crippen molar-refractivity contribution in [3.63, 3.8) is 0 Å². The molecule has 0 aliphatic carbocycles. The number of thiophene rings is 1. The Bertz CT molecular complexity index is 1150. The first-order valence-electron chi connectivity index (χ1n) is 8.25. The minimum atomic E-state index is -0.0337. The first kappa shape index (κ1) is 17.1. The topological polar surface area (TPSA) is 57.0 Å². The maximum atomic E-state index is 13.2. The average molecular weight is 383 g/mol. The Labute approximate surface area is 158 Å². The number of fused-ring (bicyclic) bond motifs is 3. The van der Waals surface area contributed by atoms with Crippen molar-refractivity contribution < 1.29 is 4.74 Å². The molecule has 4 aromatic rings. The Morgan fingerprint density at radius 1 is 1.23 bits per heavy atom. The van der Waals surface area contributed by atoms with Crippen LogP contribution in [-0.4, -0.2) is 27.4 Å². The van der Waals surface area contributed by atoms with Gasteiger partial charge in [-0.05, 0) is 31.4 Å². The molecule has 0 aliphatic rings. The second-order valence-corrected chi connectivity index (χ2v) is 7.44. The van der Waals surface area contributed by atoms with Crippen LogP contribution < -0.4 is 10.3 Å². The number of benzene rings is 1. The molecule has 3 heterocycles. The first-order valence-corrected chi connectivity index (χ1v) is 10.3. The average Bonchev–Trinajstić information content (AvgIpc) is 3.04. The van der Waals surface area contributed by atoms with E-state index in [1.807, 2.05) is 49.6 Å². The van der Waals surface area contributed by atoms with Gasteiger partial charge in [0.15, 0.2) is 5.16 Å². The highest BCUT2D eigenvalue weighted by atomic mass is 32.2. The molecule has 4 rings (SSSR count). The second-order valence-electron chi connectivity index (χ2n) is 5.67. The molecule has 0 aliphatic heterocycles. The summed E-state index contributed by atoms with van der Waals surface area (Å²) in [7, 11) is 0. The largest absolute Gasteiger partial charge is 0.494 e. The van der Waals surface area contributed by atoms with Crippen LogP contribution in [-0.2, 0) is 6.54 Å². The third-order valence-electron chi connectivity index (χ3n) is 4.10. The Balaban J connectivity index is 1.91. The van der Waals surface area contributed by atoms with E-state index in [1.165, 1.54) is 23.1 Å². The van der Waals surface area contributed by atoms with Gasteiger partial charge < -0.3 is 4.74 Å². The van der Waals surface area contributed by atoms with Crippen molar-refractivity contribution in [3.8, 4) is 5.75 Å². The lowest BCUT2D eigenvalue weighted by Crippen LogP contribution is -2.23. The van der Waals surface area contributed by atoms with Gasteiger partial charge in [0.1, 0.15) is 15.3 Å². The standard InChI is InChI=1S/C19H17N3O2S2/c1-3-24-14-9-5-4-7-12(14)11-22-18(23)16-15(21-19(22)25-2)13-8-6-10-20-17(13)26-16/h4-10H,3,11H2,1-2H3. The lowest BCUT2D eigenvalue weighted by atomic mass is 10.2. The molecule has 26 heavy (non-hydrogen) atoms. The fourth-order valence-corrected chi connectivity index (χ4v) is 4.52. The summed E-state index contributed by atoms with van der Waals surface area (Å²) in [6, 6.07) is 11.6. The molecule has 132 valence electrons. The predicted octanol–water partition coefficient (Wildman–Crippen LogP) is 4.18. The van der Waals surface area contributed by atoms with E-state index in [0.717, 1.165) is 27.0 Å². The SMILES string of the molecule is CCOc1ccccc1Cn1c(SC)nc2c(sc3ncccc32)c1=O. The molecule has 0 N–H and O–H groups in total. The van der Waals surface area contributed by atoms with Gasteiger partial charge in [-0.25, -0.2) is 9.97 Å². The van der Waals surface area contributed by atoms with Crippen LogP contribution in [0.15, 0.2) is 52.5 Å². The van der Waals surface area contributed by atoms with Crippen molar-refractivity contribution in [3.05, 3.63) is 58.5 Å². The van der Waals surface area contributed by atoms with Crippen LogP contribution in [0.5, 0.6) is 5.75 Å². The number of para-hydroxylation sites is 1. The van der Waals surface area contributed by atoms with Crippen LogP contribution in [0.25, 0.3) is 20.4 Å². The van der Waals surface area contributed by atoms with Crippen molar-refractivity contribution in [1.82, 2.24) is 14.5 Å². The minimum absolute atomic E-state index is 0.0337. The molecular weight excluding hydrogens is 366 g/mol. The second kappa shape index (κ2) is 7.09. The predicted molar refractivity (Wildman–Crippen MR) is 108 cm³/mol. The zero-order valence-corrected chi connectivity index (χ0v) is 16.1. The van der Waals surface area contributed by atoms with Gasteiger partial charge in [0.05, 0.1) is 18.7 Å². The van der Waals surface area contributed by atoms with Crippen LogP contribution in [0.2, 0.25) is 0 Å². The Morgan fingerprint density at radius 2 is 2.08 bits per heavy atom. The number of thioether (sulfide) groups is 1. The Kier molecular flexibility index (Phi) is 4.65. The van der Waals surface area contributed by atoms with Gasteiger partial charge in [-0.1, -0.05) is 30.0 Å². The first-order chi connectivity index (χ1) is 12.7. The third kappa shape index (κ3) is 2.87. The zero-order chi connectivity index (χ0) is 18.1. The van der Waals surface area contributed by atoms with Crippen LogP contribution in [0, 0.1) is 0 Å². The highest BCUT2D eigenvalue weighted by molar-refractivity contribution is 7.98. The molecular formula is C19H17N3O2S2.